The molecule has 1 atom stereocenters. The van der Waals surface area contributed by atoms with Crippen LogP contribution in [0.1, 0.15) is 24.4 Å². The lowest BCUT2D eigenvalue weighted by Crippen LogP contribution is -2.25. The Labute approximate surface area is 157 Å². The lowest BCUT2D eigenvalue weighted by atomic mass is 10.3. The Kier molecular flexibility index (Phi) is 6.12. The van der Waals surface area contributed by atoms with Gasteiger partial charge in [-0.15, -0.1) is 0 Å². The Morgan fingerprint density at radius 3 is 2.62 bits per heavy atom. The normalized spacial score (nSPS) is 13.3. The number of nitrogens with zero attached hydrogens (tertiary/aromatic N) is 5. The van der Waals surface area contributed by atoms with Crippen molar-refractivity contribution in [2.75, 3.05) is 26.0 Å². The maximum Gasteiger partial charge on any atom is 0.436 e. The highest BCUT2D eigenvalue weighted by Crippen LogP contribution is 2.36. The molecule has 0 spiro atoms. The Balaban J connectivity index is 2.11. The molecule has 0 aromatic carbocycles. The molecule has 2 rings (SSSR count). The summed E-state index contributed by atoms with van der Waals surface area (Å²) in [5.41, 5.74) is -0.353. The first-order valence-electron chi connectivity index (χ1n) is 7.80. The van der Waals surface area contributed by atoms with Crippen molar-refractivity contribution in [3.63, 3.8) is 0 Å². The topological polar surface area (TPSA) is 68.0 Å². The number of hydrogen-bond donors (Lipinski definition) is 1. The third kappa shape index (κ3) is 4.64. The maximum absolute atomic E-state index is 13.0. The van der Waals surface area contributed by atoms with E-state index < -0.39 is 23.8 Å². The van der Waals surface area contributed by atoms with Gasteiger partial charge in [0.25, 0.3) is 0 Å². The van der Waals surface area contributed by atoms with Crippen molar-refractivity contribution in [2.24, 2.45) is 0 Å². The van der Waals surface area contributed by atoms with E-state index in [1.54, 1.807) is 10.9 Å². The van der Waals surface area contributed by atoms with Gasteiger partial charge in [0.1, 0.15) is 6.04 Å². The largest absolute Gasteiger partial charge is 0.436 e. The van der Waals surface area contributed by atoms with E-state index in [0.29, 0.717) is 12.2 Å². The number of hydrogen-bond acceptors (Lipinski definition) is 4. The number of alkyl halides is 3. The Hall–Kier alpha value is -1.88. The molecule has 0 aliphatic heterocycles. The number of carbonyl (C=O) groups is 1. The molecule has 144 valence electrons. The van der Waals surface area contributed by atoms with Gasteiger partial charge in [0.05, 0.1) is 28.6 Å². The van der Waals surface area contributed by atoms with Crippen molar-refractivity contribution in [3.05, 3.63) is 28.3 Å². The quantitative estimate of drug-likeness (QED) is 0.755. The highest BCUT2D eigenvalue weighted by molar-refractivity contribution is 9.10. The highest BCUT2D eigenvalue weighted by atomic mass is 79.9. The molecule has 0 aliphatic carbocycles. The van der Waals surface area contributed by atoms with Gasteiger partial charge >= 0.3 is 6.18 Å². The average Bonchev–Trinajstić information content (AvgIpc) is 3.09. The smallest absolute Gasteiger partial charge is 0.322 e. The molecule has 0 saturated heterocycles. The number of anilines is 1. The monoisotopic (exact) mass is 436 g/mol. The molecule has 26 heavy (non-hydrogen) atoms. The fourth-order valence-electron chi connectivity index (χ4n) is 2.27. The molecule has 0 fully saturated rings. The number of carbonyl (C=O) groups excluding carboxylic acids is 1. The number of nitrogens with one attached hydrogen (secondary N) is 1. The second-order valence-electron chi connectivity index (χ2n) is 6.15. The standard InChI is InChI=1S/C15H20BrF3N6O/c1-9-12(16)13(15(17,18)19)22-25(9)10(2)14(26)21-11-7-20-24(8-11)6-5-23(3)4/h7-8,10H,5-6H2,1-4H3,(H,21,26). The minimum atomic E-state index is -4.60. The second kappa shape index (κ2) is 7.78. The molecule has 0 bridgehead atoms. The highest BCUT2D eigenvalue weighted by Gasteiger charge is 2.39. The van der Waals surface area contributed by atoms with Crippen molar-refractivity contribution in [1.29, 1.82) is 0 Å². The molecule has 0 aliphatic rings. The van der Waals surface area contributed by atoms with Crippen LogP contribution in [0.5, 0.6) is 0 Å². The number of likely N-dealkylation sites (N-methyl/N-ethyl adjacent to an activating group) is 1. The molecular formula is C15H20BrF3N6O. The second-order valence-corrected chi connectivity index (χ2v) is 6.94. The molecular weight excluding hydrogens is 417 g/mol. The Bertz CT molecular complexity index is 783. The summed E-state index contributed by atoms with van der Waals surface area (Å²) >= 11 is 2.90. The lowest BCUT2D eigenvalue weighted by Gasteiger charge is -2.13. The average molecular weight is 437 g/mol. The van der Waals surface area contributed by atoms with Gasteiger partial charge in [-0.1, -0.05) is 0 Å². The maximum atomic E-state index is 13.0. The van der Waals surface area contributed by atoms with Crippen LogP contribution in [-0.4, -0.2) is 51.0 Å². The lowest BCUT2D eigenvalue weighted by molar-refractivity contribution is -0.142. The van der Waals surface area contributed by atoms with Crippen LogP contribution < -0.4 is 5.32 Å². The summed E-state index contributed by atoms with van der Waals surface area (Å²) in [6, 6.07) is -0.924. The molecule has 2 aromatic rings. The zero-order chi connectivity index (χ0) is 19.6. The van der Waals surface area contributed by atoms with Crippen molar-refractivity contribution >= 4 is 27.5 Å². The van der Waals surface area contributed by atoms with Crippen LogP contribution in [0.3, 0.4) is 0 Å². The molecule has 1 unspecified atom stereocenters. The number of aromatic nitrogens is 4. The van der Waals surface area contributed by atoms with Crippen molar-refractivity contribution in [2.45, 2.75) is 32.6 Å². The van der Waals surface area contributed by atoms with Crippen molar-refractivity contribution < 1.29 is 18.0 Å². The fourth-order valence-corrected chi connectivity index (χ4v) is 2.75. The van der Waals surface area contributed by atoms with E-state index >= 15 is 0 Å². The zero-order valence-corrected chi connectivity index (χ0v) is 16.4. The van der Waals surface area contributed by atoms with Crippen LogP contribution in [-0.2, 0) is 17.5 Å². The fraction of sp³-hybridized carbons (Fsp3) is 0.533. The van der Waals surface area contributed by atoms with Crippen LogP contribution in [0.25, 0.3) is 0 Å². The van der Waals surface area contributed by atoms with Gasteiger partial charge < -0.3 is 10.2 Å². The summed E-state index contributed by atoms with van der Waals surface area (Å²) in [7, 11) is 3.88. The SMILES string of the molecule is Cc1c(Br)c(C(F)(F)F)nn1C(C)C(=O)Nc1cnn(CCN(C)C)c1. The third-order valence-electron chi connectivity index (χ3n) is 3.77. The number of amides is 1. The first kappa shape index (κ1) is 20.4. The van der Waals surface area contributed by atoms with Crippen LogP contribution in [0.15, 0.2) is 16.9 Å². The third-order valence-corrected chi connectivity index (χ3v) is 4.72. The predicted octanol–water partition coefficient (Wildman–Crippen LogP) is 2.93. The minimum absolute atomic E-state index is 0.166. The van der Waals surface area contributed by atoms with Crippen molar-refractivity contribution in [3.8, 4) is 0 Å². The number of halogens is 4. The van der Waals surface area contributed by atoms with E-state index in [1.165, 1.54) is 20.0 Å². The van der Waals surface area contributed by atoms with E-state index in [9.17, 15) is 18.0 Å². The van der Waals surface area contributed by atoms with Crippen molar-refractivity contribution in [1.82, 2.24) is 24.5 Å². The molecule has 1 N–H and O–H groups in total. The van der Waals surface area contributed by atoms with E-state index in [-0.39, 0.29) is 10.2 Å². The minimum Gasteiger partial charge on any atom is -0.322 e. The van der Waals surface area contributed by atoms with Crippen LogP contribution in [0.4, 0.5) is 18.9 Å². The van der Waals surface area contributed by atoms with Gasteiger partial charge in [0, 0.05) is 12.7 Å². The van der Waals surface area contributed by atoms with Gasteiger partial charge in [-0.3, -0.25) is 14.2 Å². The number of rotatable bonds is 6. The summed E-state index contributed by atoms with van der Waals surface area (Å²) in [4.78, 5) is 14.4. The predicted molar refractivity (Wildman–Crippen MR) is 93.8 cm³/mol. The molecule has 0 radical (unpaired) electrons. The molecule has 1 amide bonds. The zero-order valence-electron chi connectivity index (χ0n) is 14.8. The van der Waals surface area contributed by atoms with Crippen LogP contribution in [0.2, 0.25) is 0 Å². The van der Waals surface area contributed by atoms with Gasteiger partial charge in [-0.2, -0.15) is 23.4 Å². The van der Waals surface area contributed by atoms with E-state index in [2.05, 4.69) is 31.4 Å². The van der Waals surface area contributed by atoms with Gasteiger partial charge in [-0.05, 0) is 43.9 Å². The summed E-state index contributed by atoms with van der Waals surface area (Å²) < 4.78 is 41.5. The molecule has 7 nitrogen and oxygen atoms in total. The summed E-state index contributed by atoms with van der Waals surface area (Å²) in [6.45, 7) is 4.39. The Morgan fingerprint density at radius 2 is 2.08 bits per heavy atom. The first-order chi connectivity index (χ1) is 12.0. The van der Waals surface area contributed by atoms with E-state index in [0.717, 1.165) is 11.2 Å². The van der Waals surface area contributed by atoms with Crippen LogP contribution in [0, 0.1) is 6.92 Å². The molecule has 11 heteroatoms. The van der Waals surface area contributed by atoms with Gasteiger partial charge in [0.2, 0.25) is 5.91 Å². The molecule has 2 aromatic heterocycles. The van der Waals surface area contributed by atoms with Crippen LogP contribution >= 0.6 is 15.9 Å². The molecule has 0 saturated carbocycles. The van der Waals surface area contributed by atoms with E-state index in [1.807, 2.05) is 19.0 Å². The van der Waals surface area contributed by atoms with Gasteiger partial charge in [-0.25, -0.2) is 0 Å². The summed E-state index contributed by atoms with van der Waals surface area (Å²) in [5.74, 6) is -0.482. The summed E-state index contributed by atoms with van der Waals surface area (Å²) in [5, 5.41) is 10.3. The Morgan fingerprint density at radius 1 is 1.42 bits per heavy atom. The van der Waals surface area contributed by atoms with Gasteiger partial charge in [0.15, 0.2) is 5.69 Å². The first-order valence-corrected chi connectivity index (χ1v) is 8.60. The molecule has 2 heterocycles. The summed E-state index contributed by atoms with van der Waals surface area (Å²) in [6.07, 6.45) is -1.44. The van der Waals surface area contributed by atoms with E-state index in [4.69, 9.17) is 0 Å².